The number of nitrogens with two attached hydrogens (primary N) is 1. The second-order valence-corrected chi connectivity index (χ2v) is 4.34. The number of aryl methyl sites for hydroxylation is 1. The van der Waals surface area contributed by atoms with Gasteiger partial charge in [0, 0.05) is 23.9 Å². The lowest BCUT2D eigenvalue weighted by molar-refractivity contribution is 0.0950. The number of nitrogens with zero attached hydrogens (tertiary/aromatic N) is 1. The van der Waals surface area contributed by atoms with Crippen molar-refractivity contribution in [1.29, 1.82) is 0 Å². The van der Waals surface area contributed by atoms with Crippen molar-refractivity contribution >= 4 is 5.91 Å². The van der Waals surface area contributed by atoms with E-state index < -0.39 is 0 Å². The highest BCUT2D eigenvalue weighted by Crippen LogP contribution is 2.11. The third kappa shape index (κ3) is 3.46. The number of H-pyrrole nitrogens is 1. The van der Waals surface area contributed by atoms with E-state index in [1.165, 1.54) is 0 Å². The van der Waals surface area contributed by atoms with Crippen LogP contribution in [0.5, 0.6) is 0 Å². The zero-order valence-electron chi connectivity index (χ0n) is 11.2. The second kappa shape index (κ2) is 6.55. The van der Waals surface area contributed by atoms with Crippen LogP contribution in [0.1, 0.15) is 27.0 Å². The summed E-state index contributed by atoms with van der Waals surface area (Å²) < 4.78 is 0. The zero-order chi connectivity index (χ0) is 14.4. The summed E-state index contributed by atoms with van der Waals surface area (Å²) in [5, 5.41) is 9.37. The van der Waals surface area contributed by atoms with Crippen molar-refractivity contribution in [3.63, 3.8) is 0 Å². The maximum Gasteiger partial charge on any atom is 0.252 e. The van der Waals surface area contributed by atoms with Gasteiger partial charge in [-0.3, -0.25) is 9.89 Å². The second-order valence-electron chi connectivity index (χ2n) is 4.34. The first-order valence-electron chi connectivity index (χ1n) is 6.26. The summed E-state index contributed by atoms with van der Waals surface area (Å²) in [6.07, 6.45) is 3.41. The van der Waals surface area contributed by atoms with Gasteiger partial charge in [-0.05, 0) is 24.6 Å². The van der Waals surface area contributed by atoms with Gasteiger partial charge in [-0.25, -0.2) is 0 Å². The van der Waals surface area contributed by atoms with Crippen molar-refractivity contribution in [2.45, 2.75) is 13.5 Å². The van der Waals surface area contributed by atoms with E-state index in [1.54, 1.807) is 18.5 Å². The van der Waals surface area contributed by atoms with Gasteiger partial charge in [-0.1, -0.05) is 17.9 Å². The van der Waals surface area contributed by atoms with Crippen molar-refractivity contribution in [2.75, 3.05) is 6.54 Å². The van der Waals surface area contributed by atoms with Crippen LogP contribution in [0.15, 0.2) is 30.6 Å². The highest BCUT2D eigenvalue weighted by atomic mass is 16.1. The Morgan fingerprint density at radius 3 is 3.05 bits per heavy atom. The average molecular weight is 268 g/mol. The van der Waals surface area contributed by atoms with E-state index in [9.17, 15) is 4.79 Å². The topological polar surface area (TPSA) is 83.8 Å². The molecule has 0 fully saturated rings. The fraction of sp³-hybridized carbons (Fsp3) is 0.200. The Balaban J connectivity index is 2.16. The molecular weight excluding hydrogens is 252 g/mol. The third-order valence-corrected chi connectivity index (χ3v) is 2.75. The number of rotatable bonds is 3. The first-order chi connectivity index (χ1) is 9.70. The van der Waals surface area contributed by atoms with Gasteiger partial charge >= 0.3 is 0 Å². The van der Waals surface area contributed by atoms with E-state index in [0.29, 0.717) is 17.7 Å². The van der Waals surface area contributed by atoms with E-state index >= 15 is 0 Å². The maximum atomic E-state index is 12.2. The molecule has 4 N–H and O–H groups in total. The SMILES string of the molecule is Cc1ccc(C(=O)NCc2cn[nH]c2)c(C#CCN)c1. The van der Waals surface area contributed by atoms with Gasteiger partial charge in [0.25, 0.3) is 5.91 Å². The van der Waals surface area contributed by atoms with Crippen LogP contribution in [-0.2, 0) is 6.54 Å². The molecule has 0 saturated heterocycles. The normalized spacial score (nSPS) is 9.70. The maximum absolute atomic E-state index is 12.2. The standard InChI is InChI=1S/C15H16N4O/c1-11-4-5-14(13(7-11)3-2-6-16)15(20)17-8-12-9-18-19-10-12/h4-5,7,9-10H,6,8,16H2,1H3,(H,17,20)(H,18,19). The molecule has 0 saturated carbocycles. The molecule has 0 aliphatic heterocycles. The number of carbonyl (C=O) groups excluding carboxylic acids is 1. The Labute approximate surface area is 117 Å². The minimum Gasteiger partial charge on any atom is -0.348 e. The lowest BCUT2D eigenvalue weighted by Crippen LogP contribution is -2.23. The molecule has 0 spiro atoms. The van der Waals surface area contributed by atoms with Crippen molar-refractivity contribution in [1.82, 2.24) is 15.5 Å². The summed E-state index contributed by atoms with van der Waals surface area (Å²) >= 11 is 0. The summed E-state index contributed by atoms with van der Waals surface area (Å²) in [6, 6.07) is 5.55. The molecule has 1 amide bonds. The van der Waals surface area contributed by atoms with E-state index in [2.05, 4.69) is 27.4 Å². The Morgan fingerprint density at radius 1 is 1.50 bits per heavy atom. The van der Waals surface area contributed by atoms with Crippen LogP contribution >= 0.6 is 0 Å². The molecular formula is C15H16N4O. The number of nitrogens with one attached hydrogen (secondary N) is 2. The van der Waals surface area contributed by atoms with Gasteiger partial charge in [0.05, 0.1) is 18.3 Å². The summed E-state index contributed by atoms with van der Waals surface area (Å²) in [7, 11) is 0. The largest absolute Gasteiger partial charge is 0.348 e. The van der Waals surface area contributed by atoms with E-state index in [1.807, 2.05) is 19.1 Å². The van der Waals surface area contributed by atoms with Gasteiger partial charge in [0.2, 0.25) is 0 Å². The van der Waals surface area contributed by atoms with Crippen molar-refractivity contribution in [2.24, 2.45) is 5.73 Å². The molecule has 102 valence electrons. The van der Waals surface area contributed by atoms with Gasteiger partial charge in [0.15, 0.2) is 0 Å². The van der Waals surface area contributed by atoms with Gasteiger partial charge in [0.1, 0.15) is 0 Å². The number of aromatic amines is 1. The Morgan fingerprint density at radius 2 is 2.35 bits per heavy atom. The molecule has 1 heterocycles. The number of hydrogen-bond donors (Lipinski definition) is 3. The summed E-state index contributed by atoms with van der Waals surface area (Å²) in [6.45, 7) is 2.65. The van der Waals surface area contributed by atoms with Crippen molar-refractivity contribution in [3.05, 3.63) is 52.8 Å². The van der Waals surface area contributed by atoms with E-state index in [4.69, 9.17) is 5.73 Å². The van der Waals surface area contributed by atoms with E-state index in [0.717, 1.165) is 11.1 Å². The summed E-state index contributed by atoms with van der Waals surface area (Å²) in [5.41, 5.74) is 8.60. The molecule has 0 unspecified atom stereocenters. The van der Waals surface area contributed by atoms with Crippen LogP contribution in [0.4, 0.5) is 0 Å². The minimum absolute atomic E-state index is 0.160. The fourth-order valence-corrected chi connectivity index (χ4v) is 1.76. The smallest absolute Gasteiger partial charge is 0.252 e. The molecule has 0 bridgehead atoms. The molecule has 20 heavy (non-hydrogen) atoms. The first kappa shape index (κ1) is 13.8. The zero-order valence-corrected chi connectivity index (χ0v) is 11.2. The van der Waals surface area contributed by atoms with Crippen molar-refractivity contribution in [3.8, 4) is 11.8 Å². The highest BCUT2D eigenvalue weighted by Gasteiger charge is 2.10. The molecule has 1 aromatic heterocycles. The molecule has 2 aromatic rings. The Kier molecular flexibility index (Phi) is 4.53. The predicted octanol–water partition coefficient (Wildman–Crippen LogP) is 0.958. The van der Waals surface area contributed by atoms with E-state index in [-0.39, 0.29) is 12.5 Å². The fourth-order valence-electron chi connectivity index (χ4n) is 1.76. The third-order valence-electron chi connectivity index (χ3n) is 2.75. The van der Waals surface area contributed by atoms with Crippen LogP contribution in [-0.4, -0.2) is 22.6 Å². The number of amides is 1. The molecule has 0 radical (unpaired) electrons. The molecule has 2 rings (SSSR count). The Bertz CT molecular complexity index is 650. The molecule has 0 aliphatic carbocycles. The average Bonchev–Trinajstić information content (AvgIpc) is 2.96. The van der Waals surface area contributed by atoms with Crippen molar-refractivity contribution < 1.29 is 4.79 Å². The molecule has 5 heteroatoms. The molecule has 0 atom stereocenters. The monoisotopic (exact) mass is 268 g/mol. The number of hydrogen-bond acceptors (Lipinski definition) is 3. The van der Waals surface area contributed by atoms with Gasteiger partial charge < -0.3 is 11.1 Å². The predicted molar refractivity (Wildman–Crippen MR) is 76.9 cm³/mol. The Hall–Kier alpha value is -2.58. The summed E-state index contributed by atoms with van der Waals surface area (Å²) in [4.78, 5) is 12.2. The molecule has 5 nitrogen and oxygen atoms in total. The highest BCUT2D eigenvalue weighted by molar-refractivity contribution is 5.96. The minimum atomic E-state index is -0.160. The quantitative estimate of drug-likeness (QED) is 0.725. The number of aromatic nitrogens is 2. The number of benzene rings is 1. The molecule has 0 aliphatic rings. The van der Waals surface area contributed by atoms with Crippen LogP contribution in [0, 0.1) is 18.8 Å². The van der Waals surface area contributed by atoms with Gasteiger partial charge in [-0.15, -0.1) is 0 Å². The lowest BCUT2D eigenvalue weighted by Gasteiger charge is -2.07. The van der Waals surface area contributed by atoms with Crippen LogP contribution in [0.2, 0.25) is 0 Å². The van der Waals surface area contributed by atoms with Gasteiger partial charge in [-0.2, -0.15) is 5.10 Å². The first-order valence-corrected chi connectivity index (χ1v) is 6.26. The lowest BCUT2D eigenvalue weighted by atomic mass is 10.0. The van der Waals surface area contributed by atoms with Crippen LogP contribution in [0.3, 0.4) is 0 Å². The van der Waals surface area contributed by atoms with Crippen LogP contribution < -0.4 is 11.1 Å². The summed E-state index contributed by atoms with van der Waals surface area (Å²) in [5.74, 6) is 5.55. The van der Waals surface area contributed by atoms with Crippen LogP contribution in [0.25, 0.3) is 0 Å². The number of carbonyl (C=O) groups is 1. The molecule has 1 aromatic carbocycles.